The number of hydrogen-bond donors (Lipinski definition) is 15. The van der Waals surface area contributed by atoms with Crippen LogP contribution in [0.25, 0.3) is 10.9 Å². The fourth-order valence-corrected chi connectivity index (χ4v) is 8.38. The Balaban J connectivity index is 1.77. The number of primary amides is 1. The van der Waals surface area contributed by atoms with Gasteiger partial charge >= 0.3 is 0 Å². The van der Waals surface area contributed by atoms with Gasteiger partial charge in [0.05, 0.1) is 6.04 Å². The highest BCUT2D eigenvalue weighted by atomic mass is 35.5. The van der Waals surface area contributed by atoms with Crippen LogP contribution in [-0.4, -0.2) is 126 Å². The van der Waals surface area contributed by atoms with Crippen LogP contribution in [0.1, 0.15) is 82.3 Å². The second-order valence-electron chi connectivity index (χ2n) is 18.0. The first-order valence-corrected chi connectivity index (χ1v) is 24.8. The second kappa shape index (κ2) is 29.7. The number of guanidine groups is 1. The predicted molar refractivity (Wildman–Crippen MR) is 277 cm³/mol. The molecule has 9 amide bonds. The van der Waals surface area contributed by atoms with Gasteiger partial charge in [-0.25, -0.2) is 0 Å². The number of amides is 9. The summed E-state index contributed by atoms with van der Waals surface area (Å²) in [6.07, 6.45) is 0.991. The van der Waals surface area contributed by atoms with Crippen molar-refractivity contribution in [1.82, 2.24) is 52.8 Å². The molecule has 1 fully saturated rings. The normalized spacial score (nSPS) is 21.3. The number of nitrogens with two attached hydrogens (primary N) is 4. The van der Waals surface area contributed by atoms with Gasteiger partial charge in [0.25, 0.3) is 0 Å². The highest BCUT2D eigenvalue weighted by Crippen LogP contribution is 2.21. The van der Waals surface area contributed by atoms with Gasteiger partial charge in [0.15, 0.2) is 5.96 Å². The maximum absolute atomic E-state index is 14.6. The molecule has 0 bridgehead atoms. The molecule has 74 heavy (non-hydrogen) atoms. The summed E-state index contributed by atoms with van der Waals surface area (Å²) in [5.41, 5.74) is 24.9. The molecule has 0 radical (unpaired) electrons. The molecular formula is C49H70ClN15O9. The molecule has 24 nitrogen and oxygen atoms in total. The smallest absolute Gasteiger partial charge is 0.243 e. The minimum Gasteiger partial charge on any atom is -0.401 e. The molecule has 1 aliphatic rings. The minimum absolute atomic E-state index is 0.00128. The number of benzene rings is 2. The van der Waals surface area contributed by atoms with Gasteiger partial charge in [-0.15, -0.1) is 0 Å². The largest absolute Gasteiger partial charge is 0.401 e. The molecule has 0 aliphatic carbocycles. The number of fused-ring (bicyclic) bond motifs is 1. The summed E-state index contributed by atoms with van der Waals surface area (Å²) in [5.74, 6) is -7.27. The molecule has 0 saturated carbocycles. The van der Waals surface area contributed by atoms with E-state index in [1.807, 2.05) is 24.3 Å². The van der Waals surface area contributed by atoms with Crippen LogP contribution < -0.4 is 70.8 Å². The number of aromatic nitrogens is 1. The fraction of sp³-hybridized carbons (Fsp3) is 0.469. The van der Waals surface area contributed by atoms with E-state index < -0.39 is 102 Å². The molecule has 1 aromatic heterocycles. The van der Waals surface area contributed by atoms with E-state index in [0.29, 0.717) is 11.1 Å². The average Bonchev–Trinajstić information content (AvgIpc) is 3.76. The predicted octanol–water partition coefficient (Wildman–Crippen LogP) is -1.55. The number of para-hydroxylation sites is 1. The van der Waals surface area contributed by atoms with Crippen LogP contribution >= 0.6 is 11.6 Å². The first-order valence-electron chi connectivity index (χ1n) is 24.4. The quantitative estimate of drug-likeness (QED) is 0.0390. The number of rotatable bonds is 18. The Kier molecular flexibility index (Phi) is 23.6. The lowest BCUT2D eigenvalue weighted by molar-refractivity contribution is -0.136. The van der Waals surface area contributed by atoms with Crippen LogP contribution in [0.5, 0.6) is 0 Å². The molecule has 4 rings (SSSR count). The molecule has 2 aromatic carbocycles. The van der Waals surface area contributed by atoms with E-state index in [1.165, 1.54) is 6.92 Å². The lowest BCUT2D eigenvalue weighted by atomic mass is 10.0. The zero-order chi connectivity index (χ0) is 54.3. The number of carbonyl (C=O) groups is 9. The van der Waals surface area contributed by atoms with Crippen molar-refractivity contribution in [2.24, 2.45) is 22.9 Å². The third kappa shape index (κ3) is 19.4. The minimum atomic E-state index is -1.58. The average molecular weight is 1050 g/mol. The maximum atomic E-state index is 14.6. The van der Waals surface area contributed by atoms with Crippen molar-refractivity contribution in [1.29, 1.82) is 5.41 Å². The van der Waals surface area contributed by atoms with E-state index in [-0.39, 0.29) is 107 Å². The third-order valence-electron chi connectivity index (χ3n) is 12.1. The van der Waals surface area contributed by atoms with Gasteiger partial charge in [0, 0.05) is 73.5 Å². The van der Waals surface area contributed by atoms with Gasteiger partial charge in [-0.1, -0.05) is 54.6 Å². The second-order valence-corrected chi connectivity index (χ2v) is 18.4. The Labute approximate surface area is 433 Å². The fourth-order valence-electron chi connectivity index (χ4n) is 8.16. The summed E-state index contributed by atoms with van der Waals surface area (Å²) in [6.45, 7) is 5.41. The Bertz CT molecular complexity index is 2500. The molecule has 1 aliphatic heterocycles. The SMILES string of the molecule is C=C(N)C1CCCNC(=O)CC[C@H](NC(=O)[C@H](CCCNC(=N)N)NC(C)=O)C(=O)N[C@@H](CCC(N)=O)C(=O)N[C@H](Cc2ccccc2Cl)C(=O)N[C@@H](CCCN)C(=O)N[C@@H](Cc2c[nH]c3ccccc23)C(=O)N1. The third-order valence-corrected chi connectivity index (χ3v) is 12.5. The van der Waals surface area contributed by atoms with Crippen molar-refractivity contribution in [3.05, 3.63) is 83.2 Å². The van der Waals surface area contributed by atoms with Crippen molar-refractivity contribution < 1.29 is 43.2 Å². The van der Waals surface area contributed by atoms with Gasteiger partial charge in [0.1, 0.15) is 36.3 Å². The number of carbonyl (C=O) groups excluding carboxylic acids is 9. The van der Waals surface area contributed by atoms with Crippen molar-refractivity contribution in [2.75, 3.05) is 19.6 Å². The van der Waals surface area contributed by atoms with Crippen molar-refractivity contribution >= 4 is 81.6 Å². The van der Waals surface area contributed by atoms with Gasteiger partial charge in [-0.3, -0.25) is 48.6 Å². The number of aromatic amines is 1. The monoisotopic (exact) mass is 1050 g/mol. The molecule has 1 saturated heterocycles. The number of nitrogens with one attached hydrogen (secondary N) is 11. The van der Waals surface area contributed by atoms with Crippen LogP contribution in [0.4, 0.5) is 0 Å². The molecule has 19 N–H and O–H groups in total. The van der Waals surface area contributed by atoms with Crippen molar-refractivity contribution in [3.8, 4) is 0 Å². The van der Waals surface area contributed by atoms with E-state index in [0.717, 1.165) is 10.9 Å². The summed E-state index contributed by atoms with van der Waals surface area (Å²) in [6, 6.07) is 4.72. The summed E-state index contributed by atoms with van der Waals surface area (Å²) < 4.78 is 0. The molecule has 7 atom stereocenters. The van der Waals surface area contributed by atoms with Crippen molar-refractivity contribution in [3.63, 3.8) is 0 Å². The topological polar surface area (TPSA) is 406 Å². The lowest BCUT2D eigenvalue weighted by Crippen LogP contribution is -2.60. The van der Waals surface area contributed by atoms with Gasteiger partial charge in [-0.2, -0.15) is 0 Å². The summed E-state index contributed by atoms with van der Waals surface area (Å²) >= 11 is 6.55. The highest BCUT2D eigenvalue weighted by molar-refractivity contribution is 6.31. The number of hydrogen-bond acceptors (Lipinski definition) is 12. The molecule has 3 aromatic rings. The molecular weight excluding hydrogens is 978 g/mol. The zero-order valence-electron chi connectivity index (χ0n) is 41.4. The Morgan fingerprint density at radius 1 is 0.784 bits per heavy atom. The zero-order valence-corrected chi connectivity index (χ0v) is 42.2. The standard InChI is InChI=1S/C49H70ClN15O9/c1-27(52)33-15-8-22-56-42(68)20-18-38(63-43(69)35(59-28(2)66)16-9-23-57-49(54)55)45(71)62-37(17-19-41(53)67)46(72)64-39(24-29-10-3-5-12-32(29)50)48(74)61-36(14-7-21-51)44(70)65-40(47(73)60-33)25-30-26-58-34-13-6-4-11-31(30)34/h3-6,10-13,26,33,35-40,58H,1,7-9,14-25,51-52H2,2H3,(H2,53,67)(H,56,68)(H,59,66)(H,60,73)(H,61,74)(H,62,71)(H,63,69)(H,64,72)(H,65,70)(H4,54,55,57)/t33?,35-,36-,37-,38-,39+,40-/m0/s1. The van der Waals surface area contributed by atoms with Crippen LogP contribution in [0, 0.1) is 5.41 Å². The van der Waals surface area contributed by atoms with Crippen molar-refractivity contribution in [2.45, 2.75) is 126 Å². The van der Waals surface area contributed by atoms with E-state index in [4.69, 9.17) is 39.9 Å². The van der Waals surface area contributed by atoms with Crippen LogP contribution in [0.2, 0.25) is 5.02 Å². The molecule has 2 heterocycles. The molecule has 0 spiro atoms. The first-order chi connectivity index (χ1) is 35.3. The van der Waals surface area contributed by atoms with Crippen LogP contribution in [0.15, 0.2) is 67.0 Å². The van der Waals surface area contributed by atoms with Gasteiger partial charge < -0.3 is 75.8 Å². The summed E-state index contributed by atoms with van der Waals surface area (Å²) in [7, 11) is 0. The van der Waals surface area contributed by atoms with E-state index in [1.54, 1.807) is 30.5 Å². The van der Waals surface area contributed by atoms with Gasteiger partial charge in [0.2, 0.25) is 53.2 Å². The maximum Gasteiger partial charge on any atom is 0.243 e. The molecule has 25 heteroatoms. The Morgan fingerprint density at radius 2 is 1.39 bits per heavy atom. The summed E-state index contributed by atoms with van der Waals surface area (Å²) in [4.78, 5) is 127. The van der Waals surface area contributed by atoms with E-state index in [2.05, 4.69) is 59.4 Å². The van der Waals surface area contributed by atoms with E-state index in [9.17, 15) is 43.2 Å². The Morgan fingerprint density at radius 3 is 2.04 bits per heavy atom. The van der Waals surface area contributed by atoms with E-state index >= 15 is 0 Å². The number of halogens is 1. The van der Waals surface area contributed by atoms with Crippen LogP contribution in [-0.2, 0) is 56.0 Å². The van der Waals surface area contributed by atoms with Gasteiger partial charge in [-0.05, 0) is 81.2 Å². The number of H-pyrrole nitrogens is 1. The first kappa shape index (κ1) is 58.8. The highest BCUT2D eigenvalue weighted by Gasteiger charge is 2.35. The summed E-state index contributed by atoms with van der Waals surface area (Å²) in [5, 5.41) is 32.5. The molecule has 1 unspecified atom stereocenters. The lowest BCUT2D eigenvalue weighted by Gasteiger charge is -2.28. The molecule has 402 valence electrons. The van der Waals surface area contributed by atoms with Crippen LogP contribution in [0.3, 0.4) is 0 Å². The Hall–Kier alpha value is -7.73.